The minimum absolute atomic E-state index is 0.230. The van der Waals surface area contributed by atoms with Gasteiger partial charge in [0.25, 0.3) is 0 Å². The lowest BCUT2D eigenvalue weighted by molar-refractivity contribution is 0.0824. The molecule has 1 atom stereocenters. The summed E-state index contributed by atoms with van der Waals surface area (Å²) in [7, 11) is 2.08. The van der Waals surface area contributed by atoms with E-state index in [-0.39, 0.29) is 5.54 Å². The first-order valence-electron chi connectivity index (χ1n) is 7.48. The predicted octanol–water partition coefficient (Wildman–Crippen LogP) is 3.03. The molecule has 1 unspecified atom stereocenters. The molecule has 0 aromatic heterocycles. The second kappa shape index (κ2) is 7.81. The molecule has 0 bridgehead atoms. The van der Waals surface area contributed by atoms with Crippen molar-refractivity contribution in [2.75, 3.05) is 20.1 Å². The zero-order valence-electron chi connectivity index (χ0n) is 12.5. The van der Waals surface area contributed by atoms with E-state index in [4.69, 9.17) is 6.42 Å². The average Bonchev–Trinajstić information content (AvgIpc) is 2.63. The molecular weight excluding hydrogens is 220 g/mol. The van der Waals surface area contributed by atoms with Crippen LogP contribution < -0.4 is 5.32 Å². The second-order valence-electron chi connectivity index (χ2n) is 5.99. The van der Waals surface area contributed by atoms with Crippen LogP contribution in [0.25, 0.3) is 0 Å². The molecule has 1 aliphatic rings. The molecule has 1 saturated heterocycles. The first-order valence-corrected chi connectivity index (χ1v) is 7.48. The SMILES string of the molecule is C#CCCCC(NC)C(C)(C)N1CCCCCC1. The number of terminal acetylenes is 1. The summed E-state index contributed by atoms with van der Waals surface area (Å²) in [5.74, 6) is 2.75. The maximum absolute atomic E-state index is 5.35. The Labute approximate surface area is 114 Å². The van der Waals surface area contributed by atoms with E-state index in [2.05, 4.69) is 37.0 Å². The summed E-state index contributed by atoms with van der Waals surface area (Å²) < 4.78 is 0. The Balaban J connectivity index is 2.58. The van der Waals surface area contributed by atoms with Crippen LogP contribution >= 0.6 is 0 Å². The van der Waals surface area contributed by atoms with E-state index in [9.17, 15) is 0 Å². The molecule has 0 saturated carbocycles. The minimum Gasteiger partial charge on any atom is -0.315 e. The highest BCUT2D eigenvalue weighted by Crippen LogP contribution is 2.25. The van der Waals surface area contributed by atoms with Gasteiger partial charge in [0, 0.05) is 18.0 Å². The lowest BCUT2D eigenvalue weighted by Crippen LogP contribution is -2.57. The van der Waals surface area contributed by atoms with Gasteiger partial charge in [-0.05, 0) is 59.7 Å². The van der Waals surface area contributed by atoms with Crippen LogP contribution in [-0.2, 0) is 0 Å². The molecule has 0 spiro atoms. The molecule has 0 aliphatic carbocycles. The van der Waals surface area contributed by atoms with Crippen molar-refractivity contribution in [1.29, 1.82) is 0 Å². The quantitative estimate of drug-likeness (QED) is 0.576. The normalized spacial score (nSPS) is 20.1. The van der Waals surface area contributed by atoms with Gasteiger partial charge in [0.2, 0.25) is 0 Å². The summed E-state index contributed by atoms with van der Waals surface area (Å²) >= 11 is 0. The lowest BCUT2D eigenvalue weighted by Gasteiger charge is -2.44. The van der Waals surface area contributed by atoms with Crippen LogP contribution in [0.1, 0.15) is 58.8 Å². The Morgan fingerprint density at radius 2 is 1.83 bits per heavy atom. The molecule has 2 nitrogen and oxygen atoms in total. The molecule has 104 valence electrons. The lowest BCUT2D eigenvalue weighted by atomic mass is 9.88. The Hall–Kier alpha value is -0.520. The van der Waals surface area contributed by atoms with Gasteiger partial charge in [-0.25, -0.2) is 0 Å². The smallest absolute Gasteiger partial charge is 0.0306 e. The topological polar surface area (TPSA) is 15.3 Å². The van der Waals surface area contributed by atoms with Crippen LogP contribution in [0.3, 0.4) is 0 Å². The fourth-order valence-electron chi connectivity index (χ4n) is 3.13. The van der Waals surface area contributed by atoms with Crippen LogP contribution in [0.4, 0.5) is 0 Å². The fraction of sp³-hybridized carbons (Fsp3) is 0.875. The van der Waals surface area contributed by atoms with Crippen molar-refractivity contribution in [3.05, 3.63) is 0 Å². The Morgan fingerprint density at radius 1 is 1.22 bits per heavy atom. The van der Waals surface area contributed by atoms with E-state index >= 15 is 0 Å². The van der Waals surface area contributed by atoms with Crippen molar-refractivity contribution in [1.82, 2.24) is 10.2 Å². The molecule has 1 heterocycles. The summed E-state index contributed by atoms with van der Waals surface area (Å²) in [6.07, 6.45) is 14.0. The largest absolute Gasteiger partial charge is 0.315 e. The summed E-state index contributed by atoms with van der Waals surface area (Å²) in [4.78, 5) is 2.68. The van der Waals surface area contributed by atoms with E-state index < -0.39 is 0 Å². The molecule has 1 fully saturated rings. The molecule has 1 aliphatic heterocycles. The number of hydrogen-bond donors (Lipinski definition) is 1. The molecule has 0 radical (unpaired) electrons. The number of likely N-dealkylation sites (tertiary alicyclic amines) is 1. The van der Waals surface area contributed by atoms with Crippen molar-refractivity contribution < 1.29 is 0 Å². The van der Waals surface area contributed by atoms with Gasteiger partial charge in [0.1, 0.15) is 0 Å². The average molecular weight is 250 g/mol. The van der Waals surface area contributed by atoms with Crippen molar-refractivity contribution in [2.24, 2.45) is 0 Å². The Kier molecular flexibility index (Phi) is 6.75. The third-order valence-electron chi connectivity index (χ3n) is 4.44. The van der Waals surface area contributed by atoms with Crippen molar-refractivity contribution in [3.8, 4) is 12.3 Å². The van der Waals surface area contributed by atoms with Gasteiger partial charge in [-0.3, -0.25) is 4.90 Å². The van der Waals surface area contributed by atoms with Gasteiger partial charge in [-0.2, -0.15) is 0 Å². The predicted molar refractivity (Wildman–Crippen MR) is 79.7 cm³/mol. The van der Waals surface area contributed by atoms with Gasteiger partial charge in [0.05, 0.1) is 0 Å². The van der Waals surface area contributed by atoms with E-state index in [1.807, 2.05) is 0 Å². The Morgan fingerprint density at radius 3 is 2.33 bits per heavy atom. The summed E-state index contributed by atoms with van der Waals surface area (Å²) in [5.41, 5.74) is 0.230. The zero-order valence-corrected chi connectivity index (χ0v) is 12.5. The molecule has 2 heteroatoms. The second-order valence-corrected chi connectivity index (χ2v) is 5.99. The Bertz CT molecular complexity index is 257. The van der Waals surface area contributed by atoms with Gasteiger partial charge >= 0.3 is 0 Å². The van der Waals surface area contributed by atoms with Crippen LogP contribution in [0, 0.1) is 12.3 Å². The molecule has 0 aromatic carbocycles. The highest BCUT2D eigenvalue weighted by molar-refractivity contribution is 4.94. The summed E-state index contributed by atoms with van der Waals surface area (Å²) in [6, 6.07) is 0.531. The number of rotatable bonds is 6. The van der Waals surface area contributed by atoms with Crippen LogP contribution in [0.15, 0.2) is 0 Å². The highest BCUT2D eigenvalue weighted by atomic mass is 15.2. The highest BCUT2D eigenvalue weighted by Gasteiger charge is 2.34. The monoisotopic (exact) mass is 250 g/mol. The molecule has 1 rings (SSSR count). The molecule has 0 amide bonds. The fourth-order valence-corrected chi connectivity index (χ4v) is 3.13. The number of nitrogens with zero attached hydrogens (tertiary/aromatic N) is 1. The van der Waals surface area contributed by atoms with E-state index in [0.29, 0.717) is 6.04 Å². The first-order chi connectivity index (χ1) is 8.62. The van der Waals surface area contributed by atoms with E-state index in [1.165, 1.54) is 45.2 Å². The van der Waals surface area contributed by atoms with Crippen molar-refractivity contribution in [3.63, 3.8) is 0 Å². The van der Waals surface area contributed by atoms with Crippen LogP contribution in [0.5, 0.6) is 0 Å². The number of likely N-dealkylation sites (N-methyl/N-ethyl adjacent to an activating group) is 1. The van der Waals surface area contributed by atoms with Gasteiger partial charge in [0.15, 0.2) is 0 Å². The summed E-state index contributed by atoms with van der Waals surface area (Å²) in [6.45, 7) is 7.27. The zero-order chi connectivity index (χ0) is 13.4. The third-order valence-corrected chi connectivity index (χ3v) is 4.44. The molecule has 18 heavy (non-hydrogen) atoms. The molecular formula is C16H30N2. The van der Waals surface area contributed by atoms with Crippen LogP contribution in [-0.4, -0.2) is 36.6 Å². The maximum atomic E-state index is 5.35. The first kappa shape index (κ1) is 15.5. The minimum atomic E-state index is 0.230. The standard InChI is InChI=1S/C16H30N2/c1-5-6-9-12-15(17-4)16(2,3)18-13-10-7-8-11-14-18/h1,15,17H,6-14H2,2-4H3. The van der Waals surface area contributed by atoms with E-state index in [0.717, 1.165) is 12.8 Å². The molecule has 0 aromatic rings. The van der Waals surface area contributed by atoms with Crippen LogP contribution in [0.2, 0.25) is 0 Å². The van der Waals surface area contributed by atoms with E-state index in [1.54, 1.807) is 0 Å². The number of unbranched alkanes of at least 4 members (excludes halogenated alkanes) is 1. The third kappa shape index (κ3) is 4.30. The van der Waals surface area contributed by atoms with Crippen molar-refractivity contribution >= 4 is 0 Å². The molecule has 1 N–H and O–H groups in total. The van der Waals surface area contributed by atoms with Crippen molar-refractivity contribution in [2.45, 2.75) is 70.4 Å². The number of nitrogens with one attached hydrogen (secondary N) is 1. The van der Waals surface area contributed by atoms with Gasteiger partial charge in [-0.15, -0.1) is 12.3 Å². The number of hydrogen-bond acceptors (Lipinski definition) is 2. The summed E-state index contributed by atoms with van der Waals surface area (Å²) in [5, 5.41) is 3.51. The van der Waals surface area contributed by atoms with Gasteiger partial charge in [-0.1, -0.05) is 12.8 Å². The maximum Gasteiger partial charge on any atom is 0.0306 e. The van der Waals surface area contributed by atoms with Gasteiger partial charge < -0.3 is 5.32 Å².